The molecule has 2 rings (SSSR count). The fourth-order valence-corrected chi connectivity index (χ4v) is 3.44. The van der Waals surface area contributed by atoms with Gasteiger partial charge >= 0.3 is 0 Å². The van der Waals surface area contributed by atoms with Crippen LogP contribution in [0.1, 0.15) is 70.6 Å². The van der Waals surface area contributed by atoms with E-state index < -0.39 is 6.10 Å². The average molecular weight is 334 g/mol. The van der Waals surface area contributed by atoms with Gasteiger partial charge in [-0.15, -0.1) is 0 Å². The summed E-state index contributed by atoms with van der Waals surface area (Å²) >= 11 is 0. The predicted octanol–water partition coefficient (Wildman–Crippen LogP) is 4.69. The highest BCUT2D eigenvalue weighted by Gasteiger charge is 2.12. The fraction of sp³-hybridized carbons (Fsp3) is 0.714. The van der Waals surface area contributed by atoms with Gasteiger partial charge in [0.25, 0.3) is 0 Å². The molecule has 0 amide bonds. The number of hydrogen-bond acceptors (Lipinski definition) is 3. The molecule has 1 fully saturated rings. The smallest absolute Gasteiger partial charge is 0.119 e. The minimum absolute atomic E-state index is 0.351. The van der Waals surface area contributed by atoms with Crippen LogP contribution < -0.4 is 10.1 Å². The molecule has 0 heterocycles. The zero-order chi connectivity index (χ0) is 16.9. The molecule has 0 saturated heterocycles. The van der Waals surface area contributed by atoms with Crippen molar-refractivity contribution in [3.8, 4) is 5.75 Å². The summed E-state index contributed by atoms with van der Waals surface area (Å²) in [5.74, 6) is 0.822. The Morgan fingerprint density at radius 1 is 0.875 bits per heavy atom. The first-order valence-corrected chi connectivity index (χ1v) is 9.94. The van der Waals surface area contributed by atoms with E-state index in [0.29, 0.717) is 19.2 Å². The van der Waals surface area contributed by atoms with Gasteiger partial charge in [0.1, 0.15) is 18.5 Å². The standard InChI is InChI=1S/C21H35NO2/c23-20(18-24-21-15-11-8-12-16-21)17-22-19-13-9-6-4-2-1-3-5-7-10-14-19/h8,11-12,15-16,19-20,22-23H,1-7,9-10,13-14,17-18H2. The number of benzene rings is 1. The highest BCUT2D eigenvalue weighted by atomic mass is 16.5. The first-order chi connectivity index (χ1) is 11.8. The molecule has 1 aromatic rings. The number of ether oxygens (including phenoxy) is 1. The monoisotopic (exact) mass is 333 g/mol. The predicted molar refractivity (Wildman–Crippen MR) is 101 cm³/mol. The summed E-state index contributed by atoms with van der Waals surface area (Å²) < 4.78 is 5.63. The minimum atomic E-state index is -0.452. The molecule has 3 heteroatoms. The molecule has 2 N–H and O–H groups in total. The molecule has 0 aliphatic heterocycles. The maximum absolute atomic E-state index is 10.2. The van der Waals surface area contributed by atoms with Gasteiger partial charge in [-0.25, -0.2) is 0 Å². The fourth-order valence-electron chi connectivity index (χ4n) is 3.44. The molecular weight excluding hydrogens is 298 g/mol. The molecule has 0 bridgehead atoms. The second kappa shape index (κ2) is 12.3. The van der Waals surface area contributed by atoms with Crippen LogP contribution in [0.4, 0.5) is 0 Å². The van der Waals surface area contributed by atoms with Gasteiger partial charge in [0.2, 0.25) is 0 Å². The van der Waals surface area contributed by atoms with Crippen molar-refractivity contribution in [3.63, 3.8) is 0 Å². The van der Waals surface area contributed by atoms with Crippen LogP contribution in [-0.4, -0.2) is 30.4 Å². The van der Waals surface area contributed by atoms with Gasteiger partial charge in [0, 0.05) is 12.6 Å². The van der Waals surface area contributed by atoms with E-state index in [0.717, 1.165) is 5.75 Å². The van der Waals surface area contributed by atoms with E-state index in [1.165, 1.54) is 70.6 Å². The van der Waals surface area contributed by atoms with E-state index in [1.807, 2.05) is 30.3 Å². The molecule has 3 nitrogen and oxygen atoms in total. The lowest BCUT2D eigenvalue weighted by Gasteiger charge is -2.21. The van der Waals surface area contributed by atoms with Crippen LogP contribution in [0.3, 0.4) is 0 Å². The zero-order valence-corrected chi connectivity index (χ0v) is 15.1. The van der Waals surface area contributed by atoms with Gasteiger partial charge in [-0.05, 0) is 25.0 Å². The molecule has 1 unspecified atom stereocenters. The van der Waals surface area contributed by atoms with Crippen LogP contribution in [0, 0.1) is 0 Å². The van der Waals surface area contributed by atoms with E-state index in [-0.39, 0.29) is 0 Å². The number of para-hydroxylation sites is 1. The first-order valence-electron chi connectivity index (χ1n) is 9.94. The van der Waals surface area contributed by atoms with Gasteiger partial charge in [-0.3, -0.25) is 0 Å². The van der Waals surface area contributed by atoms with E-state index in [1.54, 1.807) is 0 Å². The molecule has 1 aliphatic carbocycles. The number of aliphatic hydroxyl groups excluding tert-OH is 1. The van der Waals surface area contributed by atoms with Crippen molar-refractivity contribution in [1.82, 2.24) is 5.32 Å². The van der Waals surface area contributed by atoms with Gasteiger partial charge in [-0.1, -0.05) is 76.0 Å². The van der Waals surface area contributed by atoms with Crippen molar-refractivity contribution in [1.29, 1.82) is 0 Å². The number of nitrogens with one attached hydrogen (secondary N) is 1. The van der Waals surface area contributed by atoms with Gasteiger partial charge in [-0.2, -0.15) is 0 Å². The lowest BCUT2D eigenvalue weighted by atomic mass is 9.98. The molecule has 0 radical (unpaired) electrons. The summed E-state index contributed by atoms with van der Waals surface area (Å²) in [5, 5.41) is 13.7. The number of rotatable bonds is 6. The first kappa shape index (κ1) is 19.3. The normalized spacial score (nSPS) is 19.9. The zero-order valence-electron chi connectivity index (χ0n) is 15.1. The lowest BCUT2D eigenvalue weighted by molar-refractivity contribution is 0.102. The Labute approximate surface area is 147 Å². The van der Waals surface area contributed by atoms with E-state index >= 15 is 0 Å². The Hall–Kier alpha value is -1.06. The largest absolute Gasteiger partial charge is 0.491 e. The number of aliphatic hydroxyl groups is 1. The highest BCUT2D eigenvalue weighted by Crippen LogP contribution is 2.17. The van der Waals surface area contributed by atoms with Crippen LogP contribution in [0.5, 0.6) is 5.75 Å². The van der Waals surface area contributed by atoms with Crippen molar-refractivity contribution < 1.29 is 9.84 Å². The Balaban J connectivity index is 1.65. The van der Waals surface area contributed by atoms with Crippen LogP contribution >= 0.6 is 0 Å². The van der Waals surface area contributed by atoms with Crippen LogP contribution in [-0.2, 0) is 0 Å². The molecule has 1 atom stereocenters. The summed E-state index contributed by atoms with van der Waals surface area (Å²) in [5.41, 5.74) is 0. The molecule has 1 saturated carbocycles. The van der Waals surface area contributed by atoms with Gasteiger partial charge in [0.05, 0.1) is 0 Å². The Morgan fingerprint density at radius 3 is 2.00 bits per heavy atom. The summed E-state index contributed by atoms with van der Waals surface area (Å²) in [6.45, 7) is 0.973. The van der Waals surface area contributed by atoms with Crippen LogP contribution in [0.25, 0.3) is 0 Å². The van der Waals surface area contributed by atoms with E-state index in [9.17, 15) is 5.11 Å². The molecule has 24 heavy (non-hydrogen) atoms. The molecule has 0 spiro atoms. The Bertz CT molecular complexity index is 398. The van der Waals surface area contributed by atoms with Crippen molar-refractivity contribution in [2.45, 2.75) is 82.8 Å². The summed E-state index contributed by atoms with van der Waals surface area (Å²) in [4.78, 5) is 0. The summed E-state index contributed by atoms with van der Waals surface area (Å²) in [6, 6.07) is 10.3. The summed E-state index contributed by atoms with van der Waals surface area (Å²) in [7, 11) is 0. The lowest BCUT2D eigenvalue weighted by Crippen LogP contribution is -2.38. The third-order valence-electron chi connectivity index (χ3n) is 4.93. The third-order valence-corrected chi connectivity index (χ3v) is 4.93. The van der Waals surface area contributed by atoms with Crippen molar-refractivity contribution in [3.05, 3.63) is 30.3 Å². The molecule has 1 aromatic carbocycles. The second-order valence-corrected chi connectivity index (χ2v) is 7.14. The SMILES string of the molecule is OC(CNC1CCCCCCCCCCC1)COc1ccccc1. The van der Waals surface area contributed by atoms with Gasteiger partial charge < -0.3 is 15.2 Å². The molecule has 1 aliphatic rings. The molecular formula is C21H35NO2. The second-order valence-electron chi connectivity index (χ2n) is 7.14. The van der Waals surface area contributed by atoms with E-state index in [4.69, 9.17) is 4.74 Å². The third kappa shape index (κ3) is 8.70. The Kier molecular flexibility index (Phi) is 9.89. The highest BCUT2D eigenvalue weighted by molar-refractivity contribution is 5.20. The van der Waals surface area contributed by atoms with Crippen LogP contribution in [0.15, 0.2) is 30.3 Å². The minimum Gasteiger partial charge on any atom is -0.491 e. The molecule has 136 valence electrons. The Morgan fingerprint density at radius 2 is 1.42 bits per heavy atom. The van der Waals surface area contributed by atoms with E-state index in [2.05, 4.69) is 5.32 Å². The summed E-state index contributed by atoms with van der Waals surface area (Å²) in [6.07, 6.45) is 14.4. The van der Waals surface area contributed by atoms with Crippen molar-refractivity contribution in [2.75, 3.05) is 13.2 Å². The van der Waals surface area contributed by atoms with Crippen molar-refractivity contribution in [2.24, 2.45) is 0 Å². The quantitative estimate of drug-likeness (QED) is 0.793. The number of hydrogen-bond donors (Lipinski definition) is 2. The topological polar surface area (TPSA) is 41.5 Å². The average Bonchev–Trinajstić information content (AvgIpc) is 2.60. The van der Waals surface area contributed by atoms with Gasteiger partial charge in [0.15, 0.2) is 0 Å². The molecule has 0 aromatic heterocycles. The maximum atomic E-state index is 10.2. The van der Waals surface area contributed by atoms with Crippen LogP contribution in [0.2, 0.25) is 0 Å². The maximum Gasteiger partial charge on any atom is 0.119 e. The van der Waals surface area contributed by atoms with Crippen molar-refractivity contribution >= 4 is 0 Å².